The molecule has 0 radical (unpaired) electrons. The number of thiophene rings is 1. The Morgan fingerprint density at radius 3 is 2.81 bits per heavy atom. The lowest BCUT2D eigenvalue weighted by Gasteiger charge is -2.33. The quantitative estimate of drug-likeness (QED) is 0.712. The van der Waals surface area contributed by atoms with Gasteiger partial charge in [0.15, 0.2) is 18.1 Å². The number of anilines is 1. The third-order valence-electron chi connectivity index (χ3n) is 5.80. The molecule has 0 spiro atoms. The van der Waals surface area contributed by atoms with Gasteiger partial charge in [0.25, 0.3) is 5.91 Å². The molecule has 0 fully saturated rings. The van der Waals surface area contributed by atoms with Gasteiger partial charge in [-0.3, -0.25) is 4.79 Å². The third kappa shape index (κ3) is 4.37. The highest BCUT2D eigenvalue weighted by Gasteiger charge is 2.32. The molecule has 0 bridgehead atoms. The number of carbonyl (C=O) groups excluding carboxylic acids is 2. The van der Waals surface area contributed by atoms with E-state index in [4.69, 9.17) is 14.2 Å². The zero-order chi connectivity index (χ0) is 22.2. The predicted molar refractivity (Wildman–Crippen MR) is 115 cm³/mol. The summed E-state index contributed by atoms with van der Waals surface area (Å²) in [5, 5.41) is 12.9. The van der Waals surface area contributed by atoms with E-state index in [0.29, 0.717) is 28.0 Å². The van der Waals surface area contributed by atoms with Gasteiger partial charge in [0.2, 0.25) is 6.79 Å². The molecule has 1 aliphatic carbocycles. The average molecular weight is 441 g/mol. The molecule has 1 aromatic carbocycles. The Kier molecular flexibility index (Phi) is 5.63. The van der Waals surface area contributed by atoms with Crippen LogP contribution in [0.1, 0.15) is 53.6 Å². The number of hydrogen-bond acceptors (Lipinski definition) is 7. The summed E-state index contributed by atoms with van der Waals surface area (Å²) >= 11 is 1.45. The number of nitrogens with one attached hydrogen (secondary N) is 1. The summed E-state index contributed by atoms with van der Waals surface area (Å²) in [5.41, 5.74) is 2.04. The Hall–Kier alpha value is -3.05. The molecule has 0 saturated carbocycles. The van der Waals surface area contributed by atoms with E-state index in [2.05, 4.69) is 32.2 Å². The van der Waals surface area contributed by atoms with E-state index in [-0.39, 0.29) is 17.8 Å². The fraction of sp³-hybridized carbons (Fsp3) is 0.435. The first-order chi connectivity index (χ1) is 14.8. The van der Waals surface area contributed by atoms with E-state index in [9.17, 15) is 14.9 Å². The van der Waals surface area contributed by atoms with Crippen LogP contribution >= 0.6 is 11.3 Å². The van der Waals surface area contributed by atoms with Gasteiger partial charge in [-0.25, -0.2) is 4.79 Å². The maximum Gasteiger partial charge on any atom is 0.338 e. The Labute approximate surface area is 184 Å². The standard InChI is InChI=1S/C23H24N2O5S/c1-23(2,3)14-5-6-15-16(10-24)21(31-19(15)9-14)25-20(26)11-28-22(27)13-4-7-17-18(8-13)30-12-29-17/h4,7-8,14H,5-6,9,11-12H2,1-3H3,(H,25,26). The van der Waals surface area contributed by atoms with Crippen molar-refractivity contribution in [2.24, 2.45) is 11.3 Å². The van der Waals surface area contributed by atoms with Crippen molar-refractivity contribution >= 4 is 28.2 Å². The van der Waals surface area contributed by atoms with Crippen molar-refractivity contribution in [3.8, 4) is 17.6 Å². The number of amides is 1. The topological polar surface area (TPSA) is 97.7 Å². The molecule has 1 aliphatic heterocycles. The first kappa shape index (κ1) is 21.2. The molecule has 1 atom stereocenters. The van der Waals surface area contributed by atoms with Gasteiger partial charge in [0.05, 0.1) is 11.1 Å². The van der Waals surface area contributed by atoms with Gasteiger partial charge in [-0.15, -0.1) is 11.3 Å². The molecule has 1 aromatic heterocycles. The number of hydrogen-bond donors (Lipinski definition) is 1. The second-order valence-corrected chi connectivity index (χ2v) is 9.92. The monoisotopic (exact) mass is 440 g/mol. The Bertz CT molecular complexity index is 1080. The number of fused-ring (bicyclic) bond motifs is 2. The van der Waals surface area contributed by atoms with E-state index in [1.807, 2.05) is 0 Å². The van der Waals surface area contributed by atoms with E-state index in [0.717, 1.165) is 29.7 Å². The van der Waals surface area contributed by atoms with Crippen LogP contribution in [-0.2, 0) is 22.4 Å². The number of ether oxygens (including phenoxy) is 3. The summed E-state index contributed by atoms with van der Waals surface area (Å²) in [5.74, 6) is 0.462. The van der Waals surface area contributed by atoms with Gasteiger partial charge in [-0.2, -0.15) is 5.26 Å². The Morgan fingerprint density at radius 1 is 1.29 bits per heavy atom. The Balaban J connectivity index is 1.39. The van der Waals surface area contributed by atoms with Gasteiger partial charge in [-0.05, 0) is 54.4 Å². The molecule has 7 nitrogen and oxygen atoms in total. The number of nitrogens with zero attached hydrogens (tertiary/aromatic N) is 1. The average Bonchev–Trinajstić information content (AvgIpc) is 3.33. The van der Waals surface area contributed by atoms with Crippen molar-refractivity contribution in [3.63, 3.8) is 0 Å². The van der Waals surface area contributed by atoms with Gasteiger partial charge in [0.1, 0.15) is 11.1 Å². The molecule has 1 unspecified atom stereocenters. The van der Waals surface area contributed by atoms with Crippen molar-refractivity contribution < 1.29 is 23.8 Å². The van der Waals surface area contributed by atoms with E-state index < -0.39 is 18.5 Å². The lowest BCUT2D eigenvalue weighted by molar-refractivity contribution is -0.119. The molecule has 4 rings (SSSR count). The summed E-state index contributed by atoms with van der Waals surface area (Å²) in [6.07, 6.45) is 2.78. The fourth-order valence-electron chi connectivity index (χ4n) is 3.93. The molecule has 162 valence electrons. The van der Waals surface area contributed by atoms with Crippen LogP contribution in [0, 0.1) is 22.7 Å². The highest BCUT2D eigenvalue weighted by Crippen LogP contribution is 2.44. The van der Waals surface area contributed by atoms with Crippen LogP contribution in [0.15, 0.2) is 18.2 Å². The fourth-order valence-corrected chi connectivity index (χ4v) is 5.23. The van der Waals surface area contributed by atoms with E-state index in [1.54, 1.807) is 12.1 Å². The van der Waals surface area contributed by atoms with Crippen LogP contribution in [0.4, 0.5) is 5.00 Å². The van der Waals surface area contributed by atoms with Crippen molar-refractivity contribution in [1.29, 1.82) is 5.26 Å². The number of rotatable bonds is 4. The van der Waals surface area contributed by atoms with Gasteiger partial charge >= 0.3 is 5.97 Å². The van der Waals surface area contributed by atoms with Crippen molar-refractivity contribution in [1.82, 2.24) is 0 Å². The maximum atomic E-state index is 12.4. The van der Waals surface area contributed by atoms with Crippen LogP contribution in [0.25, 0.3) is 0 Å². The predicted octanol–water partition coefficient (Wildman–Crippen LogP) is 4.29. The zero-order valence-corrected chi connectivity index (χ0v) is 18.6. The lowest BCUT2D eigenvalue weighted by atomic mass is 9.72. The molecule has 2 aliphatic rings. The highest BCUT2D eigenvalue weighted by molar-refractivity contribution is 7.16. The molecule has 1 amide bonds. The number of esters is 1. The second kappa shape index (κ2) is 8.23. The smallest absolute Gasteiger partial charge is 0.338 e. The number of benzene rings is 1. The molecular formula is C23H24N2O5S. The second-order valence-electron chi connectivity index (χ2n) is 8.82. The first-order valence-electron chi connectivity index (χ1n) is 10.2. The maximum absolute atomic E-state index is 12.4. The zero-order valence-electron chi connectivity index (χ0n) is 17.7. The molecule has 31 heavy (non-hydrogen) atoms. The van der Waals surface area contributed by atoms with Crippen LogP contribution in [0.3, 0.4) is 0 Å². The molecule has 2 aromatic rings. The highest BCUT2D eigenvalue weighted by atomic mass is 32.1. The van der Waals surface area contributed by atoms with Crippen molar-refractivity contribution in [2.75, 3.05) is 18.7 Å². The summed E-state index contributed by atoms with van der Waals surface area (Å²) in [7, 11) is 0. The summed E-state index contributed by atoms with van der Waals surface area (Å²) in [6, 6.07) is 6.94. The molecule has 8 heteroatoms. The first-order valence-corrected chi connectivity index (χ1v) is 11.0. The summed E-state index contributed by atoms with van der Waals surface area (Å²) < 4.78 is 15.6. The minimum absolute atomic E-state index is 0.110. The SMILES string of the molecule is CC(C)(C)C1CCc2c(sc(NC(=O)COC(=O)c3ccc4c(c3)OCO4)c2C#N)C1. The van der Waals surface area contributed by atoms with E-state index in [1.165, 1.54) is 17.4 Å². The minimum Gasteiger partial charge on any atom is -0.454 e. The van der Waals surface area contributed by atoms with Crippen LogP contribution in [0.2, 0.25) is 0 Å². The van der Waals surface area contributed by atoms with Crippen LogP contribution < -0.4 is 14.8 Å². The minimum atomic E-state index is -0.632. The van der Waals surface area contributed by atoms with Gasteiger partial charge in [-0.1, -0.05) is 20.8 Å². The number of nitriles is 1. The van der Waals surface area contributed by atoms with Gasteiger partial charge < -0.3 is 19.5 Å². The molecule has 2 heterocycles. The van der Waals surface area contributed by atoms with Crippen LogP contribution in [-0.4, -0.2) is 25.3 Å². The summed E-state index contributed by atoms with van der Waals surface area (Å²) in [4.78, 5) is 25.8. The summed E-state index contributed by atoms with van der Waals surface area (Å²) in [6.45, 7) is 6.38. The largest absolute Gasteiger partial charge is 0.454 e. The molecule has 0 saturated heterocycles. The lowest BCUT2D eigenvalue weighted by Crippen LogP contribution is -2.26. The van der Waals surface area contributed by atoms with Crippen LogP contribution in [0.5, 0.6) is 11.5 Å². The molecular weight excluding hydrogens is 416 g/mol. The van der Waals surface area contributed by atoms with E-state index >= 15 is 0 Å². The van der Waals surface area contributed by atoms with Crippen molar-refractivity contribution in [2.45, 2.75) is 40.0 Å². The molecule has 1 N–H and O–H groups in total. The van der Waals surface area contributed by atoms with Crippen molar-refractivity contribution in [3.05, 3.63) is 39.8 Å². The Morgan fingerprint density at radius 2 is 2.06 bits per heavy atom. The van der Waals surface area contributed by atoms with Gasteiger partial charge in [0, 0.05) is 4.88 Å². The number of carbonyl (C=O) groups is 2. The normalized spacial score (nSPS) is 16.9. The third-order valence-corrected chi connectivity index (χ3v) is 6.97.